The zero-order valence-corrected chi connectivity index (χ0v) is 24.7. The third kappa shape index (κ3) is 11.8. The second-order valence-electron chi connectivity index (χ2n) is 10.8. The van der Waals surface area contributed by atoms with E-state index in [1.165, 1.54) is 12.1 Å². The second kappa shape index (κ2) is 16.9. The van der Waals surface area contributed by atoms with Crippen LogP contribution in [0.1, 0.15) is 86.6 Å². The van der Waals surface area contributed by atoms with Crippen molar-refractivity contribution in [3.05, 3.63) is 23.8 Å². The van der Waals surface area contributed by atoms with E-state index in [1.54, 1.807) is 33.8 Å². The van der Waals surface area contributed by atoms with E-state index in [0.717, 1.165) is 12.8 Å². The van der Waals surface area contributed by atoms with Gasteiger partial charge in [0.1, 0.15) is 12.1 Å². The van der Waals surface area contributed by atoms with Gasteiger partial charge in [-0.1, -0.05) is 67.4 Å². The van der Waals surface area contributed by atoms with Crippen LogP contribution in [0.15, 0.2) is 18.2 Å². The van der Waals surface area contributed by atoms with Crippen LogP contribution in [-0.4, -0.2) is 47.7 Å². The van der Waals surface area contributed by atoms with Crippen LogP contribution in [0.25, 0.3) is 0 Å². The first-order chi connectivity index (χ1) is 18.3. The number of esters is 3. The van der Waals surface area contributed by atoms with Crippen molar-refractivity contribution in [2.24, 2.45) is 23.7 Å². The Kier molecular flexibility index (Phi) is 14.8. The van der Waals surface area contributed by atoms with E-state index in [4.69, 9.17) is 14.2 Å². The van der Waals surface area contributed by atoms with E-state index in [2.05, 4.69) is 5.32 Å². The van der Waals surface area contributed by atoms with E-state index >= 15 is 0 Å². The number of nitrogens with one attached hydrogen (secondary N) is 1. The number of carboxylic acids is 1. The Hall–Kier alpha value is -2.94. The molecule has 0 spiro atoms. The van der Waals surface area contributed by atoms with Crippen molar-refractivity contribution in [2.45, 2.75) is 99.6 Å². The highest BCUT2D eigenvalue weighted by Gasteiger charge is 2.25. The summed E-state index contributed by atoms with van der Waals surface area (Å²) in [6, 6.07) is 3.71. The lowest BCUT2D eigenvalue weighted by molar-refractivity contribution is -0.154. The molecule has 0 radical (unpaired) electrons. The van der Waals surface area contributed by atoms with Crippen LogP contribution >= 0.6 is 0 Å². The van der Waals surface area contributed by atoms with Gasteiger partial charge in [0.15, 0.2) is 11.5 Å². The van der Waals surface area contributed by atoms with Crippen molar-refractivity contribution in [3.63, 3.8) is 0 Å². The Morgan fingerprint density at radius 2 is 1.36 bits per heavy atom. The fourth-order valence-corrected chi connectivity index (χ4v) is 3.77. The summed E-state index contributed by atoms with van der Waals surface area (Å²) in [5.41, 5.74) is 0.570. The fraction of sp³-hybridized carbons (Fsp3) is 0.667. The molecular formula is C30H47NO8. The molecule has 1 aromatic rings. The van der Waals surface area contributed by atoms with Crippen LogP contribution in [0.5, 0.6) is 11.5 Å². The summed E-state index contributed by atoms with van der Waals surface area (Å²) in [5, 5.41) is 12.7. The molecule has 1 rings (SSSR count). The number of carbonyl (C=O) groups excluding carboxylic acids is 3. The molecule has 0 aliphatic carbocycles. The monoisotopic (exact) mass is 549 g/mol. The molecule has 0 fully saturated rings. The summed E-state index contributed by atoms with van der Waals surface area (Å²) >= 11 is 0. The summed E-state index contributed by atoms with van der Waals surface area (Å²) in [6.07, 6.45) is 2.48. The molecule has 0 saturated heterocycles. The Labute approximate surface area is 233 Å². The number of hydrogen-bond acceptors (Lipinski definition) is 8. The van der Waals surface area contributed by atoms with Crippen LogP contribution in [-0.2, 0) is 30.3 Å². The molecule has 0 amide bonds. The number of carbonyl (C=O) groups is 4. The number of carboxylic acid groups (broad SMARTS) is 1. The number of benzene rings is 1. The fourth-order valence-electron chi connectivity index (χ4n) is 3.77. The van der Waals surface area contributed by atoms with Gasteiger partial charge in [-0.3, -0.25) is 19.2 Å². The maximum absolute atomic E-state index is 12.7. The van der Waals surface area contributed by atoms with Crippen molar-refractivity contribution < 1.29 is 38.5 Å². The molecule has 39 heavy (non-hydrogen) atoms. The van der Waals surface area contributed by atoms with Crippen LogP contribution in [0.3, 0.4) is 0 Å². The predicted octanol–water partition coefficient (Wildman–Crippen LogP) is 5.18. The van der Waals surface area contributed by atoms with Crippen LogP contribution < -0.4 is 14.8 Å². The smallest absolute Gasteiger partial charge is 0.321 e. The predicted molar refractivity (Wildman–Crippen MR) is 149 cm³/mol. The first-order valence-electron chi connectivity index (χ1n) is 14.0. The van der Waals surface area contributed by atoms with E-state index in [0.29, 0.717) is 18.4 Å². The van der Waals surface area contributed by atoms with Gasteiger partial charge in [-0.2, -0.15) is 0 Å². The lowest BCUT2D eigenvalue weighted by Crippen LogP contribution is -2.43. The lowest BCUT2D eigenvalue weighted by atomic mass is 9.98. The third-order valence-corrected chi connectivity index (χ3v) is 6.76. The highest BCUT2D eigenvalue weighted by atomic mass is 16.6. The van der Waals surface area contributed by atoms with E-state index in [1.807, 2.05) is 27.7 Å². The van der Waals surface area contributed by atoms with Gasteiger partial charge in [0, 0.05) is 6.54 Å². The Morgan fingerprint density at radius 3 is 1.85 bits per heavy atom. The number of hydrogen-bond donors (Lipinski definition) is 2. The molecule has 220 valence electrons. The normalized spacial score (nSPS) is 15.1. The van der Waals surface area contributed by atoms with Crippen molar-refractivity contribution in [1.29, 1.82) is 0 Å². The summed E-state index contributed by atoms with van der Waals surface area (Å²) in [6.45, 7) is 15.0. The van der Waals surface area contributed by atoms with Gasteiger partial charge in [-0.05, 0) is 49.8 Å². The lowest BCUT2D eigenvalue weighted by Gasteiger charge is -2.21. The zero-order valence-electron chi connectivity index (χ0n) is 24.7. The molecule has 5 atom stereocenters. The maximum atomic E-state index is 12.7. The third-order valence-electron chi connectivity index (χ3n) is 6.76. The van der Waals surface area contributed by atoms with Crippen molar-refractivity contribution in [3.8, 4) is 11.5 Å². The molecule has 0 aliphatic heterocycles. The Bertz CT molecular complexity index is 960. The van der Waals surface area contributed by atoms with Gasteiger partial charge in [-0.15, -0.1) is 0 Å². The molecule has 0 bridgehead atoms. The van der Waals surface area contributed by atoms with Gasteiger partial charge >= 0.3 is 23.9 Å². The van der Waals surface area contributed by atoms with Gasteiger partial charge in [0.25, 0.3) is 0 Å². The Balaban J connectivity index is 3.07. The SMILES string of the molecule is CCCC(C)C(=O)Oc1ccc(C[C@H](NCC(C)OC(=O)C(C)C(C)C)C(=O)O)cc1OC(=O)C(C)CCC. The van der Waals surface area contributed by atoms with Crippen molar-refractivity contribution >= 4 is 23.9 Å². The highest BCUT2D eigenvalue weighted by Crippen LogP contribution is 2.31. The Morgan fingerprint density at radius 1 is 0.821 bits per heavy atom. The van der Waals surface area contributed by atoms with Gasteiger partial charge in [0.2, 0.25) is 0 Å². The zero-order chi connectivity index (χ0) is 29.7. The van der Waals surface area contributed by atoms with E-state index in [-0.39, 0.29) is 54.1 Å². The molecule has 0 aliphatic rings. The average molecular weight is 550 g/mol. The standard InChI is InChI=1S/C30H47NO8/c1-9-11-19(5)28(34)38-25-14-13-23(16-26(25)39-29(35)20(6)12-10-2)15-24(27(32)33)31-17-21(7)37-30(36)22(8)18(3)4/h13-14,16,18-22,24,31H,9-12,15,17H2,1-8H3,(H,32,33)/t19?,20?,21?,22?,24-/m0/s1. The molecule has 9 nitrogen and oxygen atoms in total. The largest absolute Gasteiger partial charge is 0.480 e. The van der Waals surface area contributed by atoms with Gasteiger partial charge < -0.3 is 24.6 Å². The summed E-state index contributed by atoms with van der Waals surface area (Å²) in [7, 11) is 0. The molecule has 0 aromatic heterocycles. The minimum Gasteiger partial charge on any atom is -0.480 e. The average Bonchev–Trinajstić information content (AvgIpc) is 2.87. The topological polar surface area (TPSA) is 128 Å². The number of ether oxygens (including phenoxy) is 3. The van der Waals surface area contributed by atoms with Crippen molar-refractivity contribution in [1.82, 2.24) is 5.32 Å². The summed E-state index contributed by atoms with van der Waals surface area (Å²) in [5.74, 6) is -2.90. The van der Waals surface area contributed by atoms with Crippen LogP contribution in [0.2, 0.25) is 0 Å². The molecule has 4 unspecified atom stereocenters. The first-order valence-corrected chi connectivity index (χ1v) is 14.0. The second-order valence-corrected chi connectivity index (χ2v) is 10.8. The highest BCUT2D eigenvalue weighted by molar-refractivity contribution is 5.78. The molecule has 9 heteroatoms. The minimum absolute atomic E-state index is 0.0634. The van der Waals surface area contributed by atoms with E-state index in [9.17, 15) is 24.3 Å². The molecular weight excluding hydrogens is 502 g/mol. The quantitative estimate of drug-likeness (QED) is 0.199. The van der Waals surface area contributed by atoms with Crippen LogP contribution in [0, 0.1) is 23.7 Å². The van der Waals surface area contributed by atoms with Crippen LogP contribution in [0.4, 0.5) is 0 Å². The summed E-state index contributed by atoms with van der Waals surface area (Å²) < 4.78 is 16.6. The van der Waals surface area contributed by atoms with E-state index < -0.39 is 30.1 Å². The minimum atomic E-state index is -1.08. The number of rotatable bonds is 17. The maximum Gasteiger partial charge on any atom is 0.321 e. The molecule has 2 N–H and O–H groups in total. The summed E-state index contributed by atoms with van der Waals surface area (Å²) in [4.78, 5) is 49.4. The molecule has 1 aromatic carbocycles. The van der Waals surface area contributed by atoms with Crippen molar-refractivity contribution in [2.75, 3.05) is 6.54 Å². The number of aliphatic carboxylic acids is 1. The van der Waals surface area contributed by atoms with Gasteiger partial charge in [-0.25, -0.2) is 0 Å². The molecule has 0 heterocycles. The van der Waals surface area contributed by atoms with Gasteiger partial charge in [0.05, 0.1) is 17.8 Å². The molecule has 0 saturated carbocycles. The first kappa shape index (κ1) is 34.1.